The number of hydrogen-bond donors (Lipinski definition) is 1. The van der Waals surface area contributed by atoms with Crippen molar-refractivity contribution in [2.24, 2.45) is 0 Å². The Balaban J connectivity index is 1.28. The third-order valence-corrected chi connectivity index (χ3v) is 7.81. The monoisotopic (exact) mass is 486 g/mol. The Morgan fingerprint density at radius 1 is 0.912 bits per heavy atom. The van der Waals surface area contributed by atoms with Crippen molar-refractivity contribution < 1.29 is 22.7 Å². The van der Waals surface area contributed by atoms with Gasteiger partial charge in [0.2, 0.25) is 15.9 Å². The first kappa shape index (κ1) is 22.2. The van der Waals surface area contributed by atoms with Gasteiger partial charge in [-0.3, -0.25) is 19.5 Å². The van der Waals surface area contributed by atoms with E-state index in [0.717, 1.165) is 4.68 Å². The lowest BCUT2D eigenvalue weighted by Crippen LogP contribution is -2.51. The number of piperazine rings is 1. The first-order chi connectivity index (χ1) is 16.3. The molecule has 0 atom stereocenters. The minimum Gasteiger partial charge on any atom is -0.486 e. The van der Waals surface area contributed by atoms with Crippen LogP contribution in [0.3, 0.4) is 0 Å². The molecule has 178 valence electrons. The Morgan fingerprint density at radius 2 is 1.59 bits per heavy atom. The highest BCUT2D eigenvalue weighted by Gasteiger charge is 2.31. The van der Waals surface area contributed by atoms with Crippen molar-refractivity contribution in [3.05, 3.63) is 63.2 Å². The fourth-order valence-electron chi connectivity index (χ4n) is 4.10. The molecule has 2 aromatic carbocycles. The van der Waals surface area contributed by atoms with Gasteiger partial charge < -0.3 is 14.4 Å². The molecule has 2 aliphatic heterocycles. The van der Waals surface area contributed by atoms with Gasteiger partial charge in [-0.1, -0.05) is 12.1 Å². The summed E-state index contributed by atoms with van der Waals surface area (Å²) < 4.78 is 39.4. The van der Waals surface area contributed by atoms with E-state index in [1.807, 2.05) is 0 Å². The van der Waals surface area contributed by atoms with Gasteiger partial charge in [0.05, 0.1) is 15.7 Å². The lowest BCUT2D eigenvalue weighted by molar-refractivity contribution is -0.133. The van der Waals surface area contributed by atoms with Crippen molar-refractivity contribution in [2.45, 2.75) is 11.4 Å². The number of aromatic amines is 1. The number of hydrogen-bond acceptors (Lipinski definition) is 7. The van der Waals surface area contributed by atoms with Crippen molar-refractivity contribution in [3.63, 3.8) is 0 Å². The second kappa shape index (κ2) is 8.61. The van der Waals surface area contributed by atoms with Gasteiger partial charge in [-0.2, -0.15) is 4.31 Å². The number of carbonyl (C=O) groups excluding carboxylic acids is 1. The van der Waals surface area contributed by atoms with E-state index in [-0.39, 0.29) is 54.3 Å². The molecular weight excluding hydrogens is 464 g/mol. The number of sulfonamides is 1. The van der Waals surface area contributed by atoms with E-state index in [9.17, 15) is 22.8 Å². The normalized spacial score (nSPS) is 16.5. The summed E-state index contributed by atoms with van der Waals surface area (Å²) in [4.78, 5) is 39.3. The molecule has 1 N–H and O–H groups in total. The Hall–Kier alpha value is -3.64. The van der Waals surface area contributed by atoms with E-state index >= 15 is 0 Å². The molecule has 1 saturated heterocycles. The van der Waals surface area contributed by atoms with Crippen LogP contribution < -0.4 is 20.6 Å². The molecule has 0 unspecified atom stereocenters. The van der Waals surface area contributed by atoms with Crippen molar-refractivity contribution in [1.29, 1.82) is 0 Å². The fourth-order valence-corrected chi connectivity index (χ4v) is 5.54. The molecule has 0 saturated carbocycles. The summed E-state index contributed by atoms with van der Waals surface area (Å²) in [6.07, 6.45) is 0. The predicted molar refractivity (Wildman–Crippen MR) is 122 cm³/mol. The van der Waals surface area contributed by atoms with E-state index in [0.29, 0.717) is 24.7 Å². The van der Waals surface area contributed by atoms with Crippen LogP contribution in [0.1, 0.15) is 0 Å². The van der Waals surface area contributed by atoms with Crippen molar-refractivity contribution >= 4 is 26.7 Å². The molecule has 34 heavy (non-hydrogen) atoms. The molecule has 3 heterocycles. The van der Waals surface area contributed by atoms with E-state index in [4.69, 9.17) is 9.47 Å². The number of aromatic nitrogens is 2. The molecule has 0 spiro atoms. The lowest BCUT2D eigenvalue weighted by Gasteiger charge is -2.34. The Morgan fingerprint density at radius 3 is 2.32 bits per heavy atom. The van der Waals surface area contributed by atoms with E-state index in [1.165, 1.54) is 27.4 Å². The topological polar surface area (TPSA) is 131 Å². The van der Waals surface area contributed by atoms with Crippen LogP contribution in [-0.4, -0.2) is 72.7 Å². The Bertz CT molecular complexity index is 1490. The van der Waals surface area contributed by atoms with Crippen molar-refractivity contribution in [2.75, 3.05) is 39.4 Å². The number of H-pyrrole nitrogens is 1. The summed E-state index contributed by atoms with van der Waals surface area (Å²) in [7, 11) is -3.78. The van der Waals surface area contributed by atoms with Crippen LogP contribution in [0, 0.1) is 0 Å². The second-order valence-electron chi connectivity index (χ2n) is 7.97. The van der Waals surface area contributed by atoms with E-state index < -0.39 is 21.1 Å². The fraction of sp³-hybridized carbons (Fsp3) is 0.318. The SMILES string of the molecule is O=C(Cn1[nH]c(=O)c2ccccc2c1=O)N1CCN(S(=O)(=O)c2ccc3c(c2)OCCO3)CC1. The molecule has 5 rings (SSSR count). The number of nitrogens with zero attached hydrogens (tertiary/aromatic N) is 3. The molecule has 0 bridgehead atoms. The Labute approximate surface area is 194 Å². The van der Waals surface area contributed by atoms with Gasteiger partial charge in [0, 0.05) is 32.2 Å². The van der Waals surface area contributed by atoms with E-state index in [2.05, 4.69) is 5.10 Å². The first-order valence-electron chi connectivity index (χ1n) is 10.7. The zero-order valence-corrected chi connectivity index (χ0v) is 18.9. The molecule has 0 aliphatic carbocycles. The third kappa shape index (κ3) is 3.94. The van der Waals surface area contributed by atoms with Crippen LogP contribution in [0.5, 0.6) is 11.5 Å². The van der Waals surface area contributed by atoms with Gasteiger partial charge in [-0.15, -0.1) is 0 Å². The maximum atomic E-state index is 13.1. The molecule has 1 fully saturated rings. The molecule has 3 aromatic rings. The van der Waals surface area contributed by atoms with Crippen LogP contribution in [-0.2, 0) is 21.4 Å². The van der Waals surface area contributed by atoms with Gasteiger partial charge >= 0.3 is 0 Å². The number of nitrogens with one attached hydrogen (secondary N) is 1. The number of rotatable bonds is 4. The average Bonchev–Trinajstić information content (AvgIpc) is 2.87. The lowest BCUT2D eigenvalue weighted by atomic mass is 10.2. The zero-order chi connectivity index (χ0) is 23.9. The van der Waals surface area contributed by atoms with Gasteiger partial charge in [0.25, 0.3) is 11.1 Å². The van der Waals surface area contributed by atoms with Crippen LogP contribution in [0.2, 0.25) is 0 Å². The zero-order valence-electron chi connectivity index (χ0n) is 18.1. The largest absolute Gasteiger partial charge is 0.486 e. The Kier molecular flexibility index (Phi) is 5.62. The highest BCUT2D eigenvalue weighted by atomic mass is 32.2. The summed E-state index contributed by atoms with van der Waals surface area (Å²) in [5, 5.41) is 2.93. The highest BCUT2D eigenvalue weighted by molar-refractivity contribution is 7.89. The standard InChI is InChI=1S/C22H22N4O7S/c27-20(14-26-22(29)17-4-2-1-3-16(17)21(28)23-26)24-7-9-25(10-8-24)34(30,31)15-5-6-18-19(13-15)33-12-11-32-18/h1-6,13H,7-12,14H2,(H,23,28). The minimum absolute atomic E-state index is 0.0943. The van der Waals surface area contributed by atoms with Crippen molar-refractivity contribution in [1.82, 2.24) is 19.0 Å². The quantitative estimate of drug-likeness (QED) is 0.549. The van der Waals surface area contributed by atoms with Crippen LogP contribution >= 0.6 is 0 Å². The minimum atomic E-state index is -3.78. The second-order valence-corrected chi connectivity index (χ2v) is 9.91. The summed E-state index contributed by atoms with van der Waals surface area (Å²) in [6, 6.07) is 10.9. The molecule has 2 aliphatic rings. The van der Waals surface area contributed by atoms with E-state index in [1.54, 1.807) is 24.3 Å². The number of ether oxygens (including phenoxy) is 2. The van der Waals surface area contributed by atoms with Gasteiger partial charge in [-0.25, -0.2) is 13.1 Å². The predicted octanol–water partition coefficient (Wildman–Crippen LogP) is -0.00590. The average molecular weight is 487 g/mol. The smallest absolute Gasteiger partial charge is 0.273 e. The van der Waals surface area contributed by atoms with Crippen LogP contribution in [0.15, 0.2) is 56.9 Å². The van der Waals surface area contributed by atoms with Crippen molar-refractivity contribution in [3.8, 4) is 11.5 Å². The maximum Gasteiger partial charge on any atom is 0.273 e. The summed E-state index contributed by atoms with van der Waals surface area (Å²) >= 11 is 0. The van der Waals surface area contributed by atoms with Gasteiger partial charge in [-0.05, 0) is 24.3 Å². The van der Waals surface area contributed by atoms with Crippen LogP contribution in [0.25, 0.3) is 10.8 Å². The summed E-state index contributed by atoms with van der Waals surface area (Å²) in [6.45, 7) is 0.951. The molecule has 12 heteroatoms. The molecule has 0 radical (unpaired) electrons. The molecule has 11 nitrogen and oxygen atoms in total. The summed E-state index contributed by atoms with van der Waals surface area (Å²) in [5.74, 6) is 0.503. The molecule has 1 amide bonds. The molecule has 1 aromatic heterocycles. The number of benzene rings is 2. The third-order valence-electron chi connectivity index (χ3n) is 5.92. The number of carbonyl (C=O) groups is 1. The number of amides is 1. The highest BCUT2D eigenvalue weighted by Crippen LogP contribution is 2.33. The van der Waals surface area contributed by atoms with Crippen LogP contribution in [0.4, 0.5) is 0 Å². The maximum absolute atomic E-state index is 13.1. The van der Waals surface area contributed by atoms with Gasteiger partial charge in [0.1, 0.15) is 19.8 Å². The summed E-state index contributed by atoms with van der Waals surface area (Å²) in [5.41, 5.74) is -0.929. The number of fused-ring (bicyclic) bond motifs is 2. The molecular formula is C22H22N4O7S. The van der Waals surface area contributed by atoms with Gasteiger partial charge in [0.15, 0.2) is 11.5 Å². The first-order valence-corrected chi connectivity index (χ1v) is 12.2.